The lowest BCUT2D eigenvalue weighted by Crippen LogP contribution is -2.53. The Bertz CT molecular complexity index is 827. The molecule has 4 nitrogen and oxygen atoms in total. The summed E-state index contributed by atoms with van der Waals surface area (Å²) in [6, 6.07) is 0. The van der Waals surface area contributed by atoms with Gasteiger partial charge in [0.1, 0.15) is 6.10 Å². The Morgan fingerprint density at radius 2 is 1.88 bits per heavy atom. The van der Waals surface area contributed by atoms with Gasteiger partial charge in [-0.15, -0.1) is 0 Å². The van der Waals surface area contributed by atoms with Crippen LogP contribution in [0.4, 0.5) is 0 Å². The molecule has 12 atom stereocenters. The third-order valence-corrected chi connectivity index (χ3v) is 11.7. The number of hydrogen-bond acceptors (Lipinski definition) is 4. The highest BCUT2D eigenvalue weighted by Gasteiger charge is 2.68. The maximum Gasteiger partial charge on any atom is 0.302 e. The van der Waals surface area contributed by atoms with Crippen LogP contribution in [0.5, 0.6) is 0 Å². The highest BCUT2D eigenvalue weighted by atomic mass is 16.7. The van der Waals surface area contributed by atoms with Crippen molar-refractivity contribution < 1.29 is 19.0 Å². The van der Waals surface area contributed by atoms with Gasteiger partial charge in [0.05, 0.1) is 12.7 Å². The van der Waals surface area contributed by atoms with Crippen molar-refractivity contribution in [1.82, 2.24) is 0 Å². The molecule has 2 heterocycles. The molecular weight excluding hydrogens is 412 g/mol. The SMILES string of the molecule is CC(=O)O[C@@H]1CC[C@@]2(C)[C@@H](CC[C@H]3[C@H]4C[C@@H]5O[C@]6(CC[C@H](C)CO6)[C@@H](C)[C@H]5[C@]4(C)C=C[C@H]32)C1. The van der Waals surface area contributed by atoms with Crippen LogP contribution in [-0.2, 0) is 19.0 Å². The Morgan fingerprint density at radius 1 is 1.06 bits per heavy atom. The summed E-state index contributed by atoms with van der Waals surface area (Å²) in [4.78, 5) is 11.5. The van der Waals surface area contributed by atoms with Crippen LogP contribution in [0.2, 0.25) is 0 Å². The summed E-state index contributed by atoms with van der Waals surface area (Å²) in [5.74, 6) is 4.02. The van der Waals surface area contributed by atoms with Crippen molar-refractivity contribution in [1.29, 1.82) is 0 Å². The lowest BCUT2D eigenvalue weighted by molar-refractivity contribution is -0.272. The summed E-state index contributed by atoms with van der Waals surface area (Å²) in [5.41, 5.74) is 0.560. The van der Waals surface area contributed by atoms with Gasteiger partial charge in [0.15, 0.2) is 5.79 Å². The van der Waals surface area contributed by atoms with Gasteiger partial charge >= 0.3 is 5.97 Å². The monoisotopic (exact) mass is 456 g/mol. The van der Waals surface area contributed by atoms with Crippen molar-refractivity contribution in [3.63, 3.8) is 0 Å². The first-order valence-electron chi connectivity index (χ1n) is 13.8. The first-order valence-corrected chi connectivity index (χ1v) is 13.8. The van der Waals surface area contributed by atoms with E-state index in [-0.39, 0.29) is 23.3 Å². The van der Waals surface area contributed by atoms with Crippen molar-refractivity contribution in [3.05, 3.63) is 12.2 Å². The van der Waals surface area contributed by atoms with E-state index >= 15 is 0 Å². The molecule has 6 rings (SSSR count). The molecule has 3 saturated carbocycles. The molecule has 2 saturated heterocycles. The average molecular weight is 457 g/mol. The van der Waals surface area contributed by atoms with Crippen LogP contribution in [0.15, 0.2) is 12.2 Å². The van der Waals surface area contributed by atoms with E-state index in [4.69, 9.17) is 14.2 Å². The van der Waals surface area contributed by atoms with Crippen LogP contribution in [0.25, 0.3) is 0 Å². The van der Waals surface area contributed by atoms with Gasteiger partial charge in [0.25, 0.3) is 0 Å². The molecule has 4 heteroatoms. The minimum absolute atomic E-state index is 0.119. The highest BCUT2D eigenvalue weighted by Crippen LogP contribution is 2.69. The number of ether oxygens (including phenoxy) is 3. The highest BCUT2D eigenvalue weighted by molar-refractivity contribution is 5.66. The van der Waals surface area contributed by atoms with Crippen LogP contribution in [0, 0.1) is 52.3 Å². The zero-order valence-electron chi connectivity index (χ0n) is 21.3. The summed E-state index contributed by atoms with van der Waals surface area (Å²) in [6.45, 7) is 12.2. The Hall–Kier alpha value is -0.870. The zero-order chi connectivity index (χ0) is 23.2. The number of carbonyl (C=O) groups excluding carboxylic acids is 1. The quantitative estimate of drug-likeness (QED) is 0.351. The molecular formula is C29H44O4. The molecule has 0 amide bonds. The van der Waals surface area contributed by atoms with E-state index in [0.717, 1.165) is 31.8 Å². The molecule has 5 fully saturated rings. The molecule has 184 valence electrons. The van der Waals surface area contributed by atoms with Crippen molar-refractivity contribution in [2.24, 2.45) is 52.3 Å². The number of esters is 1. The first-order chi connectivity index (χ1) is 15.7. The molecule has 6 aliphatic rings. The average Bonchev–Trinajstić information content (AvgIpc) is 3.21. The normalized spacial score (nSPS) is 57.2. The van der Waals surface area contributed by atoms with Crippen LogP contribution in [0.3, 0.4) is 0 Å². The third kappa shape index (κ3) is 3.18. The fourth-order valence-electron chi connectivity index (χ4n) is 9.92. The summed E-state index contributed by atoms with van der Waals surface area (Å²) in [5, 5.41) is 0. The Kier molecular flexibility index (Phi) is 5.18. The maximum atomic E-state index is 11.5. The summed E-state index contributed by atoms with van der Waals surface area (Å²) >= 11 is 0. The molecule has 1 spiro atoms. The molecule has 33 heavy (non-hydrogen) atoms. The second-order valence-corrected chi connectivity index (χ2v) is 13.3. The van der Waals surface area contributed by atoms with Gasteiger partial charge in [0.2, 0.25) is 0 Å². The Labute approximate surface area is 200 Å². The Balaban J connectivity index is 1.25. The molecule has 0 aromatic rings. The van der Waals surface area contributed by atoms with Gasteiger partial charge in [-0.3, -0.25) is 4.79 Å². The minimum Gasteiger partial charge on any atom is -0.463 e. The van der Waals surface area contributed by atoms with Gasteiger partial charge in [-0.25, -0.2) is 0 Å². The van der Waals surface area contributed by atoms with Gasteiger partial charge in [-0.2, -0.15) is 0 Å². The van der Waals surface area contributed by atoms with Gasteiger partial charge in [0, 0.05) is 25.2 Å². The van der Waals surface area contributed by atoms with E-state index in [1.165, 1.54) is 32.1 Å². The van der Waals surface area contributed by atoms with Crippen LogP contribution in [-0.4, -0.2) is 30.6 Å². The number of rotatable bonds is 1. The predicted molar refractivity (Wildman–Crippen MR) is 127 cm³/mol. The number of fused-ring (bicyclic) bond motifs is 7. The van der Waals surface area contributed by atoms with Crippen LogP contribution >= 0.6 is 0 Å². The Morgan fingerprint density at radius 3 is 2.61 bits per heavy atom. The lowest BCUT2D eigenvalue weighted by atomic mass is 9.46. The van der Waals surface area contributed by atoms with E-state index < -0.39 is 0 Å². The number of hydrogen-bond donors (Lipinski definition) is 0. The van der Waals surface area contributed by atoms with Crippen molar-refractivity contribution >= 4 is 5.97 Å². The van der Waals surface area contributed by atoms with Crippen molar-refractivity contribution in [2.75, 3.05) is 6.61 Å². The fraction of sp³-hybridized carbons (Fsp3) is 0.897. The second kappa shape index (κ2) is 7.56. The van der Waals surface area contributed by atoms with E-state index in [0.29, 0.717) is 47.0 Å². The molecule has 2 aliphatic heterocycles. The summed E-state index contributed by atoms with van der Waals surface area (Å²) in [6.07, 6.45) is 15.1. The van der Waals surface area contributed by atoms with E-state index in [1.54, 1.807) is 6.92 Å². The topological polar surface area (TPSA) is 44.8 Å². The second-order valence-electron chi connectivity index (χ2n) is 13.3. The standard InChI is InChI=1S/C29H44O4/c1-17-8-13-29(31-16-17)18(2)26-25(33-29)15-24-22-7-6-20-14-21(32-19(3)30)9-11-27(20,4)23(22)10-12-28(24,26)5/h10,12,17-18,20-26H,6-9,11,13-16H2,1-5H3/t17-,18-,20-,21+,22+,23+,24+,25-,26+,27-,28+,29+/m0/s1. The molecule has 0 radical (unpaired) electrons. The smallest absolute Gasteiger partial charge is 0.302 e. The predicted octanol–water partition coefficient (Wildman–Crippen LogP) is 6.14. The fourth-order valence-corrected chi connectivity index (χ4v) is 9.92. The van der Waals surface area contributed by atoms with Crippen molar-refractivity contribution in [2.45, 2.75) is 104 Å². The molecule has 0 aromatic carbocycles. The third-order valence-electron chi connectivity index (χ3n) is 11.7. The molecule has 0 unspecified atom stereocenters. The molecule has 0 aromatic heterocycles. The van der Waals surface area contributed by atoms with Gasteiger partial charge in [-0.1, -0.05) is 39.8 Å². The van der Waals surface area contributed by atoms with Gasteiger partial charge < -0.3 is 14.2 Å². The first kappa shape index (κ1) is 22.6. The van der Waals surface area contributed by atoms with Crippen LogP contribution in [0.1, 0.15) is 86.0 Å². The van der Waals surface area contributed by atoms with E-state index in [1.807, 2.05) is 0 Å². The van der Waals surface area contributed by atoms with E-state index in [2.05, 4.69) is 39.8 Å². The minimum atomic E-state index is -0.334. The number of allylic oxidation sites excluding steroid dienone is 2. The molecule has 4 aliphatic carbocycles. The zero-order valence-corrected chi connectivity index (χ0v) is 21.3. The summed E-state index contributed by atoms with van der Waals surface area (Å²) < 4.78 is 19.0. The molecule has 0 bridgehead atoms. The largest absolute Gasteiger partial charge is 0.463 e. The lowest BCUT2D eigenvalue weighted by Gasteiger charge is -2.59. The number of carbonyl (C=O) groups is 1. The maximum absolute atomic E-state index is 11.5. The van der Waals surface area contributed by atoms with E-state index in [9.17, 15) is 4.79 Å². The molecule has 0 N–H and O–H groups in total. The van der Waals surface area contributed by atoms with Gasteiger partial charge in [-0.05, 0) is 85.4 Å². The van der Waals surface area contributed by atoms with Crippen molar-refractivity contribution in [3.8, 4) is 0 Å². The summed E-state index contributed by atoms with van der Waals surface area (Å²) in [7, 11) is 0. The van der Waals surface area contributed by atoms with Crippen LogP contribution < -0.4 is 0 Å².